The minimum atomic E-state index is -0.155. The summed E-state index contributed by atoms with van der Waals surface area (Å²) < 4.78 is 3.25. The standard InChI is InChI=1S/C10H13N5O/c16-10(14-8-5-11-9-14)12-3-1-6-15-7-2-4-13-15/h2,4-5,7-9H,1,3,6H2,(H,12,16). The first-order valence-electron chi connectivity index (χ1n) is 5.10. The van der Waals surface area contributed by atoms with Gasteiger partial charge in [-0.3, -0.25) is 9.25 Å². The van der Waals surface area contributed by atoms with Gasteiger partial charge in [0.1, 0.15) is 6.33 Å². The summed E-state index contributed by atoms with van der Waals surface area (Å²) >= 11 is 0. The van der Waals surface area contributed by atoms with Gasteiger partial charge in [-0.1, -0.05) is 0 Å². The van der Waals surface area contributed by atoms with Gasteiger partial charge in [-0.05, 0) is 12.5 Å². The molecule has 6 heteroatoms. The van der Waals surface area contributed by atoms with E-state index in [0.29, 0.717) is 6.54 Å². The molecule has 2 aromatic heterocycles. The highest BCUT2D eigenvalue weighted by Crippen LogP contribution is 1.89. The second-order valence-electron chi connectivity index (χ2n) is 3.32. The molecule has 0 aromatic carbocycles. The Kier molecular flexibility index (Phi) is 3.32. The molecule has 0 bridgehead atoms. The zero-order valence-corrected chi connectivity index (χ0v) is 8.78. The van der Waals surface area contributed by atoms with Gasteiger partial charge < -0.3 is 5.32 Å². The molecule has 1 amide bonds. The molecule has 0 radical (unpaired) electrons. The number of nitrogens with one attached hydrogen (secondary N) is 1. The van der Waals surface area contributed by atoms with Crippen molar-refractivity contribution in [3.05, 3.63) is 37.2 Å². The van der Waals surface area contributed by atoms with E-state index >= 15 is 0 Å². The Balaban J connectivity index is 1.67. The van der Waals surface area contributed by atoms with Crippen molar-refractivity contribution >= 4 is 6.03 Å². The fraction of sp³-hybridized carbons (Fsp3) is 0.300. The summed E-state index contributed by atoms with van der Waals surface area (Å²) in [7, 11) is 0. The Morgan fingerprint density at radius 2 is 2.25 bits per heavy atom. The van der Waals surface area contributed by atoms with Crippen LogP contribution < -0.4 is 5.32 Å². The maximum Gasteiger partial charge on any atom is 0.326 e. The van der Waals surface area contributed by atoms with Crippen LogP contribution in [0.15, 0.2) is 37.2 Å². The molecule has 2 aromatic rings. The molecule has 0 saturated heterocycles. The highest BCUT2D eigenvalue weighted by atomic mass is 16.2. The van der Waals surface area contributed by atoms with Gasteiger partial charge in [-0.15, -0.1) is 0 Å². The van der Waals surface area contributed by atoms with Crippen molar-refractivity contribution in [1.82, 2.24) is 24.6 Å². The maximum absolute atomic E-state index is 11.5. The molecule has 16 heavy (non-hydrogen) atoms. The van der Waals surface area contributed by atoms with Crippen molar-refractivity contribution in [2.75, 3.05) is 6.54 Å². The first-order chi connectivity index (χ1) is 7.86. The molecule has 2 rings (SSSR count). The predicted molar refractivity (Wildman–Crippen MR) is 57.9 cm³/mol. The Morgan fingerprint density at radius 1 is 1.31 bits per heavy atom. The molecule has 2 heterocycles. The number of aromatic nitrogens is 4. The van der Waals surface area contributed by atoms with E-state index in [2.05, 4.69) is 15.4 Å². The van der Waals surface area contributed by atoms with Crippen LogP contribution in [0, 0.1) is 0 Å². The number of carbonyl (C=O) groups is 1. The normalized spacial score (nSPS) is 10.2. The smallest absolute Gasteiger partial charge is 0.326 e. The average molecular weight is 219 g/mol. The number of amides is 1. The van der Waals surface area contributed by atoms with Crippen LogP contribution in [0.2, 0.25) is 0 Å². The summed E-state index contributed by atoms with van der Waals surface area (Å²) in [5.41, 5.74) is 0. The SMILES string of the molecule is O=C(NCCCn1cccn1)n1ccnc1. The first-order valence-corrected chi connectivity index (χ1v) is 5.10. The van der Waals surface area contributed by atoms with Crippen LogP contribution >= 0.6 is 0 Å². The molecule has 0 atom stereocenters. The van der Waals surface area contributed by atoms with Gasteiger partial charge >= 0.3 is 6.03 Å². The van der Waals surface area contributed by atoms with E-state index in [0.717, 1.165) is 13.0 Å². The summed E-state index contributed by atoms with van der Waals surface area (Å²) in [6.07, 6.45) is 9.15. The minimum Gasteiger partial charge on any atom is -0.337 e. The van der Waals surface area contributed by atoms with Gasteiger partial charge in [0.15, 0.2) is 0 Å². The second-order valence-corrected chi connectivity index (χ2v) is 3.32. The van der Waals surface area contributed by atoms with E-state index < -0.39 is 0 Å². The number of imidazole rings is 1. The zero-order chi connectivity index (χ0) is 11.2. The molecule has 0 aliphatic rings. The fourth-order valence-corrected chi connectivity index (χ4v) is 1.34. The minimum absolute atomic E-state index is 0.155. The number of rotatable bonds is 4. The quantitative estimate of drug-likeness (QED) is 0.771. The molecule has 1 N–H and O–H groups in total. The van der Waals surface area contributed by atoms with E-state index in [1.165, 1.54) is 10.9 Å². The van der Waals surface area contributed by atoms with Gasteiger partial charge in [-0.25, -0.2) is 9.78 Å². The molecular weight excluding hydrogens is 206 g/mol. The average Bonchev–Trinajstić information content (AvgIpc) is 2.96. The lowest BCUT2D eigenvalue weighted by atomic mass is 10.4. The van der Waals surface area contributed by atoms with Crippen LogP contribution in [0.5, 0.6) is 0 Å². The summed E-state index contributed by atoms with van der Waals surface area (Å²) in [6, 6.07) is 1.72. The van der Waals surface area contributed by atoms with E-state index in [1.807, 2.05) is 16.9 Å². The van der Waals surface area contributed by atoms with E-state index in [1.54, 1.807) is 18.6 Å². The van der Waals surface area contributed by atoms with Crippen LogP contribution in [-0.2, 0) is 6.54 Å². The van der Waals surface area contributed by atoms with Crippen molar-refractivity contribution < 1.29 is 4.79 Å². The molecule has 0 spiro atoms. The number of nitrogens with zero attached hydrogens (tertiary/aromatic N) is 4. The van der Waals surface area contributed by atoms with Gasteiger partial charge in [0.2, 0.25) is 0 Å². The maximum atomic E-state index is 11.5. The summed E-state index contributed by atoms with van der Waals surface area (Å²) in [6.45, 7) is 1.42. The lowest BCUT2D eigenvalue weighted by molar-refractivity contribution is 0.242. The second kappa shape index (κ2) is 5.11. The molecule has 84 valence electrons. The molecule has 6 nitrogen and oxygen atoms in total. The van der Waals surface area contributed by atoms with Crippen molar-refractivity contribution in [2.45, 2.75) is 13.0 Å². The molecular formula is C10H13N5O. The number of aryl methyl sites for hydroxylation is 1. The topological polar surface area (TPSA) is 64.7 Å². The fourth-order valence-electron chi connectivity index (χ4n) is 1.34. The highest BCUT2D eigenvalue weighted by molar-refractivity contribution is 5.76. The molecule has 0 aliphatic heterocycles. The van der Waals surface area contributed by atoms with Crippen molar-refractivity contribution in [3.63, 3.8) is 0 Å². The third-order valence-electron chi connectivity index (χ3n) is 2.14. The summed E-state index contributed by atoms with van der Waals surface area (Å²) in [4.78, 5) is 15.3. The largest absolute Gasteiger partial charge is 0.337 e. The highest BCUT2D eigenvalue weighted by Gasteiger charge is 2.01. The lowest BCUT2D eigenvalue weighted by Crippen LogP contribution is -2.29. The van der Waals surface area contributed by atoms with Crippen LogP contribution in [-0.4, -0.2) is 31.9 Å². The third kappa shape index (κ3) is 2.69. The van der Waals surface area contributed by atoms with Crippen LogP contribution in [0.4, 0.5) is 4.79 Å². The number of hydrogen-bond acceptors (Lipinski definition) is 3. The van der Waals surface area contributed by atoms with Crippen molar-refractivity contribution in [2.24, 2.45) is 0 Å². The first kappa shape index (κ1) is 10.4. The molecule has 0 aliphatic carbocycles. The summed E-state index contributed by atoms with van der Waals surface area (Å²) in [5.74, 6) is 0. The Bertz CT molecular complexity index is 420. The van der Waals surface area contributed by atoms with Gasteiger partial charge in [0.05, 0.1) is 0 Å². The molecule has 0 saturated carbocycles. The Morgan fingerprint density at radius 3 is 2.94 bits per heavy atom. The predicted octanol–water partition coefficient (Wildman–Crippen LogP) is 0.728. The third-order valence-corrected chi connectivity index (χ3v) is 2.14. The number of hydrogen-bond donors (Lipinski definition) is 1. The van der Waals surface area contributed by atoms with Crippen LogP contribution in [0.25, 0.3) is 0 Å². The van der Waals surface area contributed by atoms with Crippen LogP contribution in [0.1, 0.15) is 6.42 Å². The number of carbonyl (C=O) groups excluding carboxylic acids is 1. The molecule has 0 fully saturated rings. The Hall–Kier alpha value is -2.11. The van der Waals surface area contributed by atoms with Gasteiger partial charge in [-0.2, -0.15) is 5.10 Å². The van der Waals surface area contributed by atoms with E-state index in [9.17, 15) is 4.79 Å². The monoisotopic (exact) mass is 219 g/mol. The van der Waals surface area contributed by atoms with E-state index in [4.69, 9.17) is 0 Å². The summed E-state index contributed by atoms with van der Waals surface area (Å²) in [5, 5.41) is 6.86. The van der Waals surface area contributed by atoms with Gasteiger partial charge in [0.25, 0.3) is 0 Å². The van der Waals surface area contributed by atoms with Crippen molar-refractivity contribution in [3.8, 4) is 0 Å². The molecule has 0 unspecified atom stereocenters. The zero-order valence-electron chi connectivity index (χ0n) is 8.78. The van der Waals surface area contributed by atoms with Crippen LogP contribution in [0.3, 0.4) is 0 Å². The van der Waals surface area contributed by atoms with E-state index in [-0.39, 0.29) is 6.03 Å². The van der Waals surface area contributed by atoms with Gasteiger partial charge in [0, 0.05) is 37.9 Å². The van der Waals surface area contributed by atoms with Crippen molar-refractivity contribution in [1.29, 1.82) is 0 Å². The lowest BCUT2D eigenvalue weighted by Gasteiger charge is -2.05. The Labute approximate surface area is 92.9 Å².